The number of hydrogen-bond donors (Lipinski definition) is 2. The molecule has 0 unspecified atom stereocenters. The van der Waals surface area contributed by atoms with Gasteiger partial charge in [0.2, 0.25) is 5.91 Å². The molecule has 2 N–H and O–H groups in total. The Labute approximate surface area is 111 Å². The van der Waals surface area contributed by atoms with Crippen molar-refractivity contribution in [2.24, 2.45) is 0 Å². The number of H-pyrrole nitrogens is 1. The maximum Gasteiger partial charge on any atom is 0.228 e. The van der Waals surface area contributed by atoms with Crippen molar-refractivity contribution in [2.45, 2.75) is 39.7 Å². The van der Waals surface area contributed by atoms with Gasteiger partial charge in [-0.25, -0.2) is 4.98 Å². The second kappa shape index (κ2) is 5.69. The van der Waals surface area contributed by atoms with Crippen LogP contribution in [0.5, 0.6) is 0 Å². The highest BCUT2D eigenvalue weighted by atomic mass is 16.5. The van der Waals surface area contributed by atoms with Crippen molar-refractivity contribution in [3.63, 3.8) is 0 Å². The monoisotopic (exact) mass is 262 g/mol. The molecule has 102 valence electrons. The minimum absolute atomic E-state index is 0.1000. The molecule has 0 saturated carbocycles. The van der Waals surface area contributed by atoms with Crippen molar-refractivity contribution < 1.29 is 9.32 Å². The molecule has 2 rings (SSSR count). The van der Waals surface area contributed by atoms with E-state index in [9.17, 15) is 4.79 Å². The van der Waals surface area contributed by atoms with E-state index in [0.29, 0.717) is 5.76 Å². The summed E-state index contributed by atoms with van der Waals surface area (Å²) in [4.78, 5) is 19.3. The van der Waals surface area contributed by atoms with Gasteiger partial charge in [0.25, 0.3) is 0 Å². The Morgan fingerprint density at radius 2 is 2.32 bits per heavy atom. The summed E-state index contributed by atoms with van der Waals surface area (Å²) in [5.74, 6) is 1.25. The van der Waals surface area contributed by atoms with E-state index < -0.39 is 0 Å². The first-order valence-electron chi connectivity index (χ1n) is 6.31. The summed E-state index contributed by atoms with van der Waals surface area (Å²) in [6.45, 7) is 5.76. The molecule has 2 aromatic heterocycles. The second-order valence-corrected chi connectivity index (χ2v) is 4.59. The van der Waals surface area contributed by atoms with Gasteiger partial charge in [0, 0.05) is 18.0 Å². The van der Waals surface area contributed by atoms with Crippen molar-refractivity contribution >= 4 is 5.91 Å². The Bertz CT molecular complexity index is 558. The van der Waals surface area contributed by atoms with E-state index in [1.807, 2.05) is 20.8 Å². The summed E-state index contributed by atoms with van der Waals surface area (Å²) in [5.41, 5.74) is 1.75. The average Bonchev–Trinajstić information content (AvgIpc) is 2.95. The topological polar surface area (TPSA) is 83.8 Å². The lowest BCUT2D eigenvalue weighted by Crippen LogP contribution is -2.30. The number of nitrogens with one attached hydrogen (secondary N) is 2. The molecular formula is C13H18N4O2. The number of aromatic nitrogens is 3. The Morgan fingerprint density at radius 1 is 1.53 bits per heavy atom. The molecule has 0 spiro atoms. The van der Waals surface area contributed by atoms with Gasteiger partial charge in [0.1, 0.15) is 11.6 Å². The number of hydrogen-bond acceptors (Lipinski definition) is 4. The van der Waals surface area contributed by atoms with Crippen LogP contribution in [-0.2, 0) is 11.2 Å². The third-order valence-corrected chi connectivity index (χ3v) is 2.81. The Balaban J connectivity index is 1.96. The first kappa shape index (κ1) is 13.3. The van der Waals surface area contributed by atoms with Crippen molar-refractivity contribution in [3.8, 4) is 0 Å². The van der Waals surface area contributed by atoms with Gasteiger partial charge in [-0.3, -0.25) is 4.79 Å². The summed E-state index contributed by atoms with van der Waals surface area (Å²) >= 11 is 0. The largest absolute Gasteiger partial charge is 0.361 e. The number of aryl methyl sites for hydroxylation is 2. The predicted octanol–water partition coefficient (Wildman–Crippen LogP) is 1.82. The summed E-state index contributed by atoms with van der Waals surface area (Å²) in [6.07, 6.45) is 2.72. The molecule has 2 heterocycles. The maximum absolute atomic E-state index is 11.9. The third-order valence-electron chi connectivity index (χ3n) is 2.81. The van der Waals surface area contributed by atoms with E-state index in [1.165, 1.54) is 0 Å². The summed E-state index contributed by atoms with van der Waals surface area (Å²) in [7, 11) is 0. The predicted molar refractivity (Wildman–Crippen MR) is 69.4 cm³/mol. The maximum atomic E-state index is 11.9. The van der Waals surface area contributed by atoms with Gasteiger partial charge >= 0.3 is 0 Å². The molecular weight excluding hydrogens is 244 g/mol. The third kappa shape index (κ3) is 3.43. The number of amides is 1. The van der Waals surface area contributed by atoms with Crippen LogP contribution >= 0.6 is 0 Å². The van der Waals surface area contributed by atoms with Crippen LogP contribution in [0.15, 0.2) is 16.8 Å². The number of nitrogens with zero attached hydrogens (tertiary/aromatic N) is 2. The van der Waals surface area contributed by atoms with Crippen LogP contribution in [0.1, 0.15) is 42.4 Å². The molecule has 6 heteroatoms. The molecule has 2 aromatic rings. The average molecular weight is 262 g/mol. The molecule has 0 bridgehead atoms. The molecule has 6 nitrogen and oxygen atoms in total. The SMILES string of the molecule is CC[C@H](NC(=O)Cc1cc(C)no1)c1ncc(C)[nH]1. The highest BCUT2D eigenvalue weighted by Crippen LogP contribution is 2.13. The lowest BCUT2D eigenvalue weighted by Gasteiger charge is -2.14. The zero-order chi connectivity index (χ0) is 13.8. The van der Waals surface area contributed by atoms with Crippen molar-refractivity contribution in [2.75, 3.05) is 0 Å². The van der Waals surface area contributed by atoms with Crippen molar-refractivity contribution in [1.29, 1.82) is 0 Å². The number of imidazole rings is 1. The van der Waals surface area contributed by atoms with Gasteiger partial charge in [-0.05, 0) is 20.3 Å². The molecule has 1 amide bonds. The van der Waals surface area contributed by atoms with E-state index in [1.54, 1.807) is 12.3 Å². The summed E-state index contributed by atoms with van der Waals surface area (Å²) in [5, 5.41) is 6.69. The molecule has 0 aliphatic carbocycles. The van der Waals surface area contributed by atoms with Crippen LogP contribution in [0.2, 0.25) is 0 Å². The van der Waals surface area contributed by atoms with Gasteiger partial charge < -0.3 is 14.8 Å². The zero-order valence-electron chi connectivity index (χ0n) is 11.4. The summed E-state index contributed by atoms with van der Waals surface area (Å²) < 4.78 is 5.03. The summed E-state index contributed by atoms with van der Waals surface area (Å²) in [6, 6.07) is 1.66. The standard InChI is InChI=1S/C13H18N4O2/c1-4-11(13-14-7-9(3)15-13)16-12(18)6-10-5-8(2)17-19-10/h5,7,11H,4,6H2,1-3H3,(H,14,15)(H,16,18)/t11-/m0/s1. The normalized spacial score (nSPS) is 12.4. The molecule has 0 saturated heterocycles. The lowest BCUT2D eigenvalue weighted by molar-refractivity contribution is -0.121. The van der Waals surface area contributed by atoms with E-state index in [2.05, 4.69) is 20.4 Å². The first-order valence-corrected chi connectivity index (χ1v) is 6.31. The minimum Gasteiger partial charge on any atom is -0.361 e. The van der Waals surface area contributed by atoms with Crippen molar-refractivity contribution in [3.05, 3.63) is 35.2 Å². The number of rotatable bonds is 5. The Morgan fingerprint density at radius 3 is 2.84 bits per heavy atom. The highest BCUT2D eigenvalue weighted by Gasteiger charge is 2.16. The van der Waals surface area contributed by atoms with Crippen LogP contribution in [-0.4, -0.2) is 21.0 Å². The molecule has 0 aliphatic rings. The molecule has 0 aliphatic heterocycles. The highest BCUT2D eigenvalue weighted by molar-refractivity contribution is 5.78. The van der Waals surface area contributed by atoms with Gasteiger partial charge in [0.05, 0.1) is 18.2 Å². The molecule has 19 heavy (non-hydrogen) atoms. The fourth-order valence-electron chi connectivity index (χ4n) is 1.88. The number of aromatic amines is 1. The molecule has 0 fully saturated rings. The van der Waals surface area contributed by atoms with E-state index in [-0.39, 0.29) is 18.4 Å². The van der Waals surface area contributed by atoms with Crippen LogP contribution < -0.4 is 5.32 Å². The lowest BCUT2D eigenvalue weighted by atomic mass is 10.2. The van der Waals surface area contributed by atoms with Gasteiger partial charge in [-0.2, -0.15) is 0 Å². The number of carbonyl (C=O) groups is 1. The number of carbonyl (C=O) groups excluding carboxylic acids is 1. The van der Waals surface area contributed by atoms with Crippen molar-refractivity contribution in [1.82, 2.24) is 20.4 Å². The van der Waals surface area contributed by atoms with Gasteiger partial charge in [-0.15, -0.1) is 0 Å². The molecule has 1 atom stereocenters. The fraction of sp³-hybridized carbons (Fsp3) is 0.462. The quantitative estimate of drug-likeness (QED) is 0.861. The second-order valence-electron chi connectivity index (χ2n) is 4.59. The van der Waals surface area contributed by atoms with Crippen LogP contribution in [0.3, 0.4) is 0 Å². The minimum atomic E-state index is -0.106. The van der Waals surface area contributed by atoms with Crippen LogP contribution in [0, 0.1) is 13.8 Å². The molecule has 0 aromatic carbocycles. The van der Waals surface area contributed by atoms with Crippen LogP contribution in [0.25, 0.3) is 0 Å². The molecule has 0 radical (unpaired) electrons. The smallest absolute Gasteiger partial charge is 0.228 e. The van der Waals surface area contributed by atoms with E-state index >= 15 is 0 Å². The van der Waals surface area contributed by atoms with Gasteiger partial charge in [0.15, 0.2) is 0 Å². The van der Waals surface area contributed by atoms with E-state index in [4.69, 9.17) is 4.52 Å². The van der Waals surface area contributed by atoms with Gasteiger partial charge in [-0.1, -0.05) is 12.1 Å². The first-order chi connectivity index (χ1) is 9.08. The van der Waals surface area contributed by atoms with E-state index in [0.717, 1.165) is 23.6 Å². The zero-order valence-corrected chi connectivity index (χ0v) is 11.4. The Hall–Kier alpha value is -2.11. The van der Waals surface area contributed by atoms with Crippen LogP contribution in [0.4, 0.5) is 0 Å². The Kier molecular flexibility index (Phi) is 3.99. The fourth-order valence-corrected chi connectivity index (χ4v) is 1.88.